The van der Waals surface area contributed by atoms with Crippen LogP contribution in [0, 0.1) is 5.21 Å². The van der Waals surface area contributed by atoms with Gasteiger partial charge in [0.05, 0.1) is 0 Å². The Labute approximate surface area is 109 Å². The monoisotopic (exact) mass is 183 g/mol. The molecule has 1 aliphatic rings. The summed E-state index contributed by atoms with van der Waals surface area (Å²) in [6, 6.07) is -0.0706. The van der Waals surface area contributed by atoms with E-state index in [0.29, 0.717) is 4.86 Å². The number of hydrogen-bond donors (Lipinski definition) is 1. The molecule has 1 saturated carbocycles. The summed E-state index contributed by atoms with van der Waals surface area (Å²) >= 11 is 0. The van der Waals surface area contributed by atoms with Gasteiger partial charge in [-0.1, -0.05) is 11.3 Å². The summed E-state index contributed by atoms with van der Waals surface area (Å²) in [6.07, 6.45) is 5.11. The largest absolute Gasteiger partial charge is 1.00 e. The van der Waals surface area contributed by atoms with E-state index in [1.807, 2.05) is 0 Å². The first-order chi connectivity index (χ1) is 4.84. The minimum Gasteiger partial charge on any atom is -0.597 e. The topological polar surface area (TPSA) is 58.7 Å². The summed E-state index contributed by atoms with van der Waals surface area (Å²) in [5.74, 6) is 0. The molecule has 0 unspecified atom stereocenters. The van der Waals surface area contributed by atoms with Gasteiger partial charge in [0.25, 0.3) is 0 Å². The molecule has 5 heteroatoms. The Morgan fingerprint density at radius 1 is 1.27 bits per heavy atom. The molecular weight excluding hydrogens is 171 g/mol. The van der Waals surface area contributed by atoms with Crippen molar-refractivity contribution >= 4 is 0 Å². The van der Waals surface area contributed by atoms with E-state index in [9.17, 15) is 5.21 Å². The number of hydroxylamine groups is 1. The first kappa shape index (κ1) is 11.8. The van der Waals surface area contributed by atoms with Gasteiger partial charge in [0.15, 0.2) is 11.3 Å². The summed E-state index contributed by atoms with van der Waals surface area (Å²) in [7, 11) is 0. The molecule has 4 nitrogen and oxygen atoms in total. The average Bonchev–Trinajstić information content (AvgIpc) is 2.05. The smallest absolute Gasteiger partial charge is 0.597 e. The molecule has 0 heterocycles. The molecule has 0 radical (unpaired) electrons. The van der Waals surface area contributed by atoms with Gasteiger partial charge in [0, 0.05) is 12.8 Å². The second-order valence-electron chi connectivity index (χ2n) is 2.68. The van der Waals surface area contributed by atoms with Crippen LogP contribution in [0.3, 0.4) is 0 Å². The number of nitrogens with zero attached hydrogens (tertiary/aromatic N) is 2. The molecule has 0 amide bonds. The van der Waals surface area contributed by atoms with Crippen LogP contribution in [-0.4, -0.2) is 16.1 Å². The molecule has 1 rings (SSSR count). The van der Waals surface area contributed by atoms with Gasteiger partial charge in [0.2, 0.25) is 0 Å². The van der Waals surface area contributed by atoms with Gasteiger partial charge in [-0.15, -0.1) is 0 Å². The van der Waals surface area contributed by atoms with E-state index in [-0.39, 0.29) is 57.4 Å². The third kappa shape index (κ3) is 3.84. The van der Waals surface area contributed by atoms with Crippen LogP contribution in [0.2, 0.25) is 0 Å². The van der Waals surface area contributed by atoms with Gasteiger partial charge < -0.3 is 10.4 Å². The summed E-state index contributed by atoms with van der Waals surface area (Å²) < 4.78 is 0. The van der Waals surface area contributed by atoms with Crippen molar-refractivity contribution in [1.29, 1.82) is 0 Å². The van der Waals surface area contributed by atoms with Crippen LogP contribution in [0.25, 0.3) is 0 Å². The predicted molar refractivity (Wildman–Crippen MR) is 34.7 cm³/mol. The summed E-state index contributed by atoms with van der Waals surface area (Å²) in [5.41, 5.74) is 0. The first-order valence-corrected chi connectivity index (χ1v) is 3.66. The van der Waals surface area contributed by atoms with Gasteiger partial charge in [0.1, 0.15) is 0 Å². The summed E-state index contributed by atoms with van der Waals surface area (Å²) in [5, 5.41) is 21.4. The van der Waals surface area contributed by atoms with Crippen LogP contribution in [0.15, 0.2) is 5.28 Å². The Hall–Kier alpha value is 0.836. The molecule has 1 N–H and O–H groups in total. The van der Waals surface area contributed by atoms with Gasteiger partial charge in [-0.2, -0.15) is 0 Å². The van der Waals surface area contributed by atoms with E-state index in [2.05, 4.69) is 5.28 Å². The van der Waals surface area contributed by atoms with Crippen molar-refractivity contribution in [1.82, 2.24) is 0 Å². The molecule has 1 fully saturated rings. The normalized spacial score (nSPS) is 20.9. The fourth-order valence-corrected chi connectivity index (χ4v) is 1.37. The van der Waals surface area contributed by atoms with Crippen LogP contribution in [0.1, 0.15) is 32.1 Å². The molecule has 0 aromatic carbocycles. The van der Waals surface area contributed by atoms with Crippen LogP contribution < -0.4 is 51.4 Å². The van der Waals surface area contributed by atoms with E-state index in [4.69, 9.17) is 5.21 Å². The molecule has 0 spiro atoms. The second kappa shape index (κ2) is 6.36. The van der Waals surface area contributed by atoms with Crippen molar-refractivity contribution in [3.05, 3.63) is 5.21 Å². The third-order valence-electron chi connectivity index (χ3n) is 1.98. The number of rotatable bonds is 1. The number of hydrogen-bond acceptors (Lipinski definition) is 2. The van der Waals surface area contributed by atoms with Crippen LogP contribution in [-0.2, 0) is 0 Å². The van der Waals surface area contributed by atoms with E-state index < -0.39 is 0 Å². The molecule has 1 aliphatic carbocycles. The molecule has 0 saturated heterocycles. The van der Waals surface area contributed by atoms with Gasteiger partial charge >= 0.3 is 51.4 Å². The standard InChI is InChI=1S/C6H12N2O2.K/c9-7-8(10)6-4-2-1-3-5-6;/h6,9H,1-5H2;/q;+1. The Bertz CT molecular complexity index is 135. The fraction of sp³-hybridized carbons (Fsp3) is 1.00. The zero-order chi connectivity index (χ0) is 7.40. The van der Waals surface area contributed by atoms with E-state index >= 15 is 0 Å². The van der Waals surface area contributed by atoms with Crippen molar-refractivity contribution < 1.29 is 61.5 Å². The Morgan fingerprint density at radius 3 is 2.27 bits per heavy atom. The zero-order valence-electron chi connectivity index (χ0n) is 6.86. The maximum absolute atomic E-state index is 10.7. The Morgan fingerprint density at radius 2 is 1.82 bits per heavy atom. The zero-order valence-corrected chi connectivity index (χ0v) is 9.99. The predicted octanol–water partition coefficient (Wildman–Crippen LogP) is -1.33. The van der Waals surface area contributed by atoms with E-state index in [1.54, 1.807) is 0 Å². The van der Waals surface area contributed by atoms with Crippen molar-refractivity contribution in [3.63, 3.8) is 0 Å². The fourth-order valence-electron chi connectivity index (χ4n) is 1.37. The van der Waals surface area contributed by atoms with Gasteiger partial charge in [-0.3, -0.25) is 0 Å². The molecule has 0 aromatic rings. The minimum atomic E-state index is -0.0706. The molecular formula is C6H12KN2O2+. The maximum atomic E-state index is 10.7. The SMILES string of the molecule is [K+].[O-][N+](=NO)C1CCCCC1. The van der Waals surface area contributed by atoms with Crippen molar-refractivity contribution in [2.24, 2.45) is 5.28 Å². The Balaban J connectivity index is 0.000001000. The Kier molecular flexibility index (Phi) is 6.85. The first-order valence-electron chi connectivity index (χ1n) is 3.66. The van der Waals surface area contributed by atoms with E-state index in [1.165, 1.54) is 6.42 Å². The van der Waals surface area contributed by atoms with Crippen molar-refractivity contribution in [2.75, 3.05) is 0 Å². The van der Waals surface area contributed by atoms with Crippen molar-refractivity contribution in [3.8, 4) is 0 Å². The molecule has 0 atom stereocenters. The summed E-state index contributed by atoms with van der Waals surface area (Å²) in [4.78, 5) is 0.416. The minimum absolute atomic E-state index is 0. The van der Waals surface area contributed by atoms with Gasteiger partial charge in [-0.25, -0.2) is 0 Å². The molecule has 0 aliphatic heterocycles. The van der Waals surface area contributed by atoms with Crippen LogP contribution in [0.5, 0.6) is 0 Å². The van der Waals surface area contributed by atoms with Crippen LogP contribution in [0.4, 0.5) is 0 Å². The molecule has 58 valence electrons. The third-order valence-corrected chi connectivity index (χ3v) is 1.98. The van der Waals surface area contributed by atoms with Crippen LogP contribution >= 0.6 is 0 Å². The van der Waals surface area contributed by atoms with Gasteiger partial charge in [-0.05, 0) is 12.8 Å². The van der Waals surface area contributed by atoms with Crippen molar-refractivity contribution in [2.45, 2.75) is 38.1 Å². The molecule has 0 aromatic heterocycles. The average molecular weight is 183 g/mol. The van der Waals surface area contributed by atoms with E-state index in [0.717, 1.165) is 25.7 Å². The summed E-state index contributed by atoms with van der Waals surface area (Å²) in [6.45, 7) is 0. The quantitative estimate of drug-likeness (QED) is 0.237. The second-order valence-corrected chi connectivity index (χ2v) is 2.68. The molecule has 11 heavy (non-hydrogen) atoms. The maximum Gasteiger partial charge on any atom is 1.00 e. The molecule has 0 bridgehead atoms.